The third kappa shape index (κ3) is 9.63. The minimum absolute atomic E-state index is 0.702. The molecule has 2 aromatic carbocycles. The van der Waals surface area contributed by atoms with E-state index in [0.717, 1.165) is 0 Å². The van der Waals surface area contributed by atoms with Gasteiger partial charge in [0, 0.05) is 0 Å². The Bertz CT molecular complexity index is 693. The molecule has 31 heavy (non-hydrogen) atoms. The van der Waals surface area contributed by atoms with Crippen molar-refractivity contribution in [3.8, 4) is 11.1 Å². The number of hydrogen-bond acceptors (Lipinski definition) is 0. The van der Waals surface area contributed by atoms with Crippen molar-refractivity contribution in [2.45, 2.75) is 124 Å². The average Bonchev–Trinajstić information content (AvgIpc) is 2.77. The van der Waals surface area contributed by atoms with Crippen LogP contribution in [0.3, 0.4) is 0 Å². The summed E-state index contributed by atoms with van der Waals surface area (Å²) in [6.07, 6.45) is 19.4. The fraction of sp³-hybridized carbons (Fsp3) is 0.613. The molecular formula is C31H48. The molecule has 2 aromatic rings. The monoisotopic (exact) mass is 420 g/mol. The molecule has 0 bridgehead atoms. The molecule has 172 valence electrons. The van der Waals surface area contributed by atoms with Crippen LogP contribution in [0, 0.1) is 13.8 Å². The first-order chi connectivity index (χ1) is 15.2. The summed E-state index contributed by atoms with van der Waals surface area (Å²) in [6, 6.07) is 16.3. The molecular weight excluding hydrogens is 372 g/mol. The van der Waals surface area contributed by atoms with E-state index in [1.54, 1.807) is 5.56 Å². The Balaban J connectivity index is 2.10. The Labute approximate surface area is 193 Å². The van der Waals surface area contributed by atoms with Gasteiger partial charge in [0.15, 0.2) is 0 Å². The lowest BCUT2D eigenvalue weighted by atomic mass is 9.83. The normalized spacial score (nSPS) is 11.4. The van der Waals surface area contributed by atoms with Gasteiger partial charge in [-0.3, -0.25) is 0 Å². The molecule has 0 N–H and O–H groups in total. The summed E-state index contributed by atoms with van der Waals surface area (Å²) in [6.45, 7) is 9.05. The Morgan fingerprint density at radius 3 is 1.58 bits per heavy atom. The largest absolute Gasteiger partial charge is 0.0654 e. The van der Waals surface area contributed by atoms with Crippen LogP contribution < -0.4 is 0 Å². The van der Waals surface area contributed by atoms with Crippen molar-refractivity contribution in [2.24, 2.45) is 0 Å². The number of unbranched alkanes of at least 4 members (excludes halogenated alkanes) is 10. The van der Waals surface area contributed by atoms with E-state index < -0.39 is 0 Å². The quantitative estimate of drug-likeness (QED) is 0.237. The summed E-state index contributed by atoms with van der Waals surface area (Å²) in [5, 5.41) is 0. The van der Waals surface area contributed by atoms with Gasteiger partial charge in [0.2, 0.25) is 0 Å². The predicted molar refractivity (Wildman–Crippen MR) is 140 cm³/mol. The van der Waals surface area contributed by atoms with Crippen LogP contribution in [0.5, 0.6) is 0 Å². The molecule has 0 aliphatic rings. The van der Waals surface area contributed by atoms with Crippen LogP contribution in [0.1, 0.15) is 126 Å². The lowest BCUT2D eigenvalue weighted by Gasteiger charge is -2.22. The van der Waals surface area contributed by atoms with E-state index in [9.17, 15) is 0 Å². The third-order valence-corrected chi connectivity index (χ3v) is 6.82. The van der Waals surface area contributed by atoms with Crippen molar-refractivity contribution in [2.75, 3.05) is 0 Å². The highest BCUT2D eigenvalue weighted by Crippen LogP contribution is 2.36. The predicted octanol–water partition coefficient (Wildman–Crippen LogP) is 10.6. The van der Waals surface area contributed by atoms with E-state index in [4.69, 9.17) is 0 Å². The molecule has 0 fully saturated rings. The fourth-order valence-electron chi connectivity index (χ4n) is 4.81. The summed E-state index contributed by atoms with van der Waals surface area (Å²) >= 11 is 0. The topological polar surface area (TPSA) is 0 Å². The first kappa shape index (κ1) is 25.7. The molecule has 0 atom stereocenters. The van der Waals surface area contributed by atoms with Crippen LogP contribution in [-0.4, -0.2) is 0 Å². The second-order valence-corrected chi connectivity index (χ2v) is 9.77. The van der Waals surface area contributed by atoms with Crippen molar-refractivity contribution >= 4 is 0 Å². The molecule has 2 rings (SSSR count). The Hall–Kier alpha value is -1.56. The zero-order valence-electron chi connectivity index (χ0n) is 21.0. The lowest BCUT2D eigenvalue weighted by molar-refractivity contribution is 0.487. The number of benzene rings is 2. The maximum absolute atomic E-state index is 2.49. The number of rotatable bonds is 16. The van der Waals surface area contributed by atoms with E-state index in [0.29, 0.717) is 5.92 Å². The second-order valence-electron chi connectivity index (χ2n) is 9.77. The first-order valence-electron chi connectivity index (χ1n) is 13.3. The van der Waals surface area contributed by atoms with E-state index in [1.165, 1.54) is 112 Å². The Morgan fingerprint density at radius 2 is 1.03 bits per heavy atom. The molecule has 0 nitrogen and oxygen atoms in total. The van der Waals surface area contributed by atoms with Gasteiger partial charge in [0.05, 0.1) is 0 Å². The van der Waals surface area contributed by atoms with Crippen LogP contribution in [-0.2, 0) is 0 Å². The molecule has 0 radical (unpaired) electrons. The number of hydrogen-bond donors (Lipinski definition) is 0. The van der Waals surface area contributed by atoms with E-state index in [-0.39, 0.29) is 0 Å². The van der Waals surface area contributed by atoms with Crippen molar-refractivity contribution in [1.29, 1.82) is 0 Å². The van der Waals surface area contributed by atoms with Gasteiger partial charge in [-0.2, -0.15) is 0 Å². The first-order valence-corrected chi connectivity index (χ1v) is 13.3. The Morgan fingerprint density at radius 1 is 0.548 bits per heavy atom. The van der Waals surface area contributed by atoms with Crippen LogP contribution in [0.15, 0.2) is 42.5 Å². The van der Waals surface area contributed by atoms with Crippen LogP contribution in [0.2, 0.25) is 0 Å². The van der Waals surface area contributed by atoms with Crippen molar-refractivity contribution in [3.63, 3.8) is 0 Å². The fourth-order valence-corrected chi connectivity index (χ4v) is 4.81. The van der Waals surface area contributed by atoms with Crippen LogP contribution in [0.25, 0.3) is 11.1 Å². The average molecular weight is 421 g/mol. The van der Waals surface area contributed by atoms with Crippen molar-refractivity contribution in [3.05, 3.63) is 59.2 Å². The summed E-state index contributed by atoms with van der Waals surface area (Å²) in [5.41, 5.74) is 7.20. The highest BCUT2D eigenvalue weighted by molar-refractivity contribution is 5.69. The van der Waals surface area contributed by atoms with E-state index in [2.05, 4.69) is 70.2 Å². The highest BCUT2D eigenvalue weighted by atomic mass is 14.2. The van der Waals surface area contributed by atoms with Gasteiger partial charge < -0.3 is 0 Å². The van der Waals surface area contributed by atoms with E-state index >= 15 is 0 Å². The molecule has 0 unspecified atom stereocenters. The molecule has 0 heteroatoms. The van der Waals surface area contributed by atoms with Gasteiger partial charge in [-0.05, 0) is 49.3 Å². The van der Waals surface area contributed by atoms with Crippen molar-refractivity contribution < 1.29 is 0 Å². The maximum Gasteiger partial charge on any atom is -0.0149 e. The molecule has 0 amide bonds. The summed E-state index contributed by atoms with van der Waals surface area (Å²) in [4.78, 5) is 0. The third-order valence-electron chi connectivity index (χ3n) is 6.82. The summed E-state index contributed by atoms with van der Waals surface area (Å²) < 4.78 is 0. The second kappa shape index (κ2) is 15.3. The number of aryl methyl sites for hydroxylation is 2. The molecule has 0 aliphatic heterocycles. The smallest absolute Gasteiger partial charge is 0.0149 e. The van der Waals surface area contributed by atoms with Gasteiger partial charge in [0.25, 0.3) is 0 Å². The lowest BCUT2D eigenvalue weighted by Crippen LogP contribution is -2.03. The van der Waals surface area contributed by atoms with Gasteiger partial charge in [0.1, 0.15) is 0 Å². The van der Waals surface area contributed by atoms with Gasteiger partial charge >= 0.3 is 0 Å². The van der Waals surface area contributed by atoms with Crippen LogP contribution >= 0.6 is 0 Å². The molecule has 0 heterocycles. The SMILES string of the molecule is CCCCCCCCC(CCCCCCCC)c1cc(C)ccc1-c1ccc(C)cc1. The minimum Gasteiger partial charge on any atom is -0.0654 e. The molecule has 0 spiro atoms. The van der Waals surface area contributed by atoms with Crippen molar-refractivity contribution in [1.82, 2.24) is 0 Å². The standard InChI is InChI=1S/C31H48/c1-5-7-9-11-13-15-17-28(18-16-14-12-10-8-6-2)31-25-27(4)21-24-30(31)29-22-19-26(3)20-23-29/h19-25,28H,5-18H2,1-4H3. The summed E-state index contributed by atoms with van der Waals surface area (Å²) in [7, 11) is 0. The van der Waals surface area contributed by atoms with Crippen LogP contribution in [0.4, 0.5) is 0 Å². The van der Waals surface area contributed by atoms with Gasteiger partial charge in [-0.25, -0.2) is 0 Å². The zero-order chi connectivity index (χ0) is 22.3. The van der Waals surface area contributed by atoms with E-state index in [1.807, 2.05) is 0 Å². The maximum atomic E-state index is 2.49. The zero-order valence-corrected chi connectivity index (χ0v) is 21.0. The molecule has 0 aromatic heterocycles. The van der Waals surface area contributed by atoms with Gasteiger partial charge in [-0.1, -0.05) is 144 Å². The highest BCUT2D eigenvalue weighted by Gasteiger charge is 2.16. The molecule has 0 saturated carbocycles. The molecule has 0 saturated heterocycles. The van der Waals surface area contributed by atoms with Gasteiger partial charge in [-0.15, -0.1) is 0 Å². The Kier molecular flexibility index (Phi) is 12.7. The minimum atomic E-state index is 0.702. The summed E-state index contributed by atoms with van der Waals surface area (Å²) in [5.74, 6) is 0.702. The molecule has 0 aliphatic carbocycles.